The molecule has 0 atom stereocenters. The number of hydrogen-bond acceptors (Lipinski definition) is 10. The summed E-state index contributed by atoms with van der Waals surface area (Å²) >= 11 is 10.8. The predicted octanol–water partition coefficient (Wildman–Crippen LogP) is 1.58. The summed E-state index contributed by atoms with van der Waals surface area (Å²) in [7, 11) is 0. The first-order valence-corrected chi connectivity index (χ1v) is 11.6. The molecule has 154 valence electrons. The van der Waals surface area contributed by atoms with Crippen molar-refractivity contribution in [2.75, 3.05) is 52.9 Å². The Morgan fingerprint density at radius 3 is 1.20 bits per heavy atom. The van der Waals surface area contributed by atoms with Crippen molar-refractivity contribution in [3.8, 4) is 0 Å². The van der Waals surface area contributed by atoms with Crippen molar-refractivity contribution in [2.45, 2.75) is 7.43 Å². The van der Waals surface area contributed by atoms with E-state index in [1.807, 2.05) is 0 Å². The van der Waals surface area contributed by atoms with Crippen LogP contribution in [0, 0.1) is 10.8 Å². The van der Waals surface area contributed by atoms with E-state index in [-0.39, 0.29) is 35.3 Å². The first-order valence-electron chi connectivity index (χ1n) is 6.68. The molecule has 2 fully saturated rings. The van der Waals surface area contributed by atoms with Crippen molar-refractivity contribution < 1.29 is 49.1 Å². The van der Waals surface area contributed by atoms with Crippen LogP contribution in [0.5, 0.6) is 0 Å². The van der Waals surface area contributed by atoms with Gasteiger partial charge in [-0.3, -0.25) is 18.1 Å². The molecule has 0 aliphatic carbocycles. The topological polar surface area (TPSA) is 152 Å². The minimum Gasteiger partial charge on any atom is -0.396 e. The Morgan fingerprint density at radius 1 is 0.800 bits per heavy atom. The van der Waals surface area contributed by atoms with Gasteiger partial charge in [0.15, 0.2) is 0 Å². The van der Waals surface area contributed by atoms with Crippen LogP contribution in [-0.4, -0.2) is 73.3 Å². The number of halogens is 2. The van der Waals surface area contributed by atoms with Gasteiger partial charge in [0.25, 0.3) is 0 Å². The molecule has 2 aliphatic heterocycles. The van der Waals surface area contributed by atoms with Gasteiger partial charge >= 0.3 is 13.9 Å². The van der Waals surface area contributed by atoms with E-state index in [1.165, 1.54) is 0 Å². The van der Waals surface area contributed by atoms with E-state index < -0.39 is 51.2 Å². The first kappa shape index (κ1) is 25.7. The van der Waals surface area contributed by atoms with Gasteiger partial charge in [0.2, 0.25) is 0 Å². The smallest absolute Gasteiger partial charge is 0.396 e. The summed E-state index contributed by atoms with van der Waals surface area (Å²) < 4.78 is 41.6. The number of aliphatic hydroxyl groups excluding tert-OH is 4. The zero-order chi connectivity index (χ0) is 18.5. The van der Waals surface area contributed by atoms with Crippen molar-refractivity contribution in [2.24, 2.45) is 10.8 Å². The molecule has 0 amide bonds. The Balaban J connectivity index is 0. The molecule has 25 heavy (non-hydrogen) atoms. The molecule has 0 unspecified atom stereocenters. The van der Waals surface area contributed by atoms with Crippen LogP contribution < -0.4 is 0 Å². The molecule has 1 spiro atoms. The summed E-state index contributed by atoms with van der Waals surface area (Å²) in [5.74, 6) is 0. The lowest BCUT2D eigenvalue weighted by molar-refractivity contribution is -0.0621. The third-order valence-corrected chi connectivity index (χ3v) is 6.36. The predicted molar refractivity (Wildman–Crippen MR) is 92.8 cm³/mol. The molecule has 10 nitrogen and oxygen atoms in total. The molecular weight excluding hydrogens is 425 g/mol. The van der Waals surface area contributed by atoms with Gasteiger partial charge in [-0.1, -0.05) is 7.43 Å². The van der Waals surface area contributed by atoms with Gasteiger partial charge in [0.1, 0.15) is 0 Å². The molecule has 0 bridgehead atoms. The SMILES string of the molecule is C.O=P1(Cl)OCC2(CO1)COP(=O)(Cl)OC2.OCC(CO)(CO)CO.[2HH]. The molecule has 0 radical (unpaired) electrons. The average Bonchev–Trinajstić information content (AvgIpc) is 2.57. The molecule has 0 aromatic heterocycles. The minimum atomic E-state index is -3.45. The Morgan fingerprint density at radius 2 is 1.04 bits per heavy atom. The van der Waals surface area contributed by atoms with Crippen LogP contribution in [-0.2, 0) is 27.2 Å². The summed E-state index contributed by atoms with van der Waals surface area (Å²) in [6, 6.07) is 0. The molecule has 2 aliphatic rings. The van der Waals surface area contributed by atoms with E-state index in [9.17, 15) is 9.13 Å². The van der Waals surface area contributed by atoms with Crippen LogP contribution in [0.15, 0.2) is 0 Å². The zero-order valence-electron chi connectivity index (χ0n) is 12.5. The summed E-state index contributed by atoms with van der Waals surface area (Å²) in [6.45, 7) is -8.29. The van der Waals surface area contributed by atoms with Gasteiger partial charge in [-0.05, 0) is 0 Å². The first-order chi connectivity index (χ1) is 11.1. The van der Waals surface area contributed by atoms with Crippen molar-refractivity contribution >= 4 is 36.4 Å². The van der Waals surface area contributed by atoms with E-state index in [4.69, 9.17) is 61.0 Å². The van der Waals surface area contributed by atoms with E-state index in [0.29, 0.717) is 0 Å². The molecule has 2 saturated heterocycles. The van der Waals surface area contributed by atoms with Crippen LogP contribution in [0.3, 0.4) is 0 Å². The third kappa shape index (κ3) is 7.70. The van der Waals surface area contributed by atoms with Gasteiger partial charge in [-0.15, -0.1) is 0 Å². The fraction of sp³-hybridized carbons (Fsp3) is 1.00. The molecule has 0 saturated carbocycles. The molecule has 2 heterocycles. The molecular formula is C11H26Cl2O10P2. The number of hydrogen-bond donors (Lipinski definition) is 4. The molecule has 14 heteroatoms. The quantitative estimate of drug-likeness (QED) is 0.463. The summed E-state index contributed by atoms with van der Waals surface area (Å²) in [5, 5.41) is 34.0. The lowest BCUT2D eigenvalue weighted by atomic mass is 9.93. The minimum absolute atomic E-state index is 0. The van der Waals surface area contributed by atoms with E-state index in [1.54, 1.807) is 0 Å². The van der Waals surface area contributed by atoms with Gasteiger partial charge in [0, 0.05) is 23.9 Å². The van der Waals surface area contributed by atoms with Crippen LogP contribution in [0.25, 0.3) is 0 Å². The summed E-state index contributed by atoms with van der Waals surface area (Å²) in [4.78, 5) is 0. The van der Waals surface area contributed by atoms with Crippen molar-refractivity contribution in [1.29, 1.82) is 0 Å². The highest BCUT2D eigenvalue weighted by atomic mass is 35.7. The normalized spacial score (nSPS) is 35.4. The highest BCUT2D eigenvalue weighted by molar-refractivity contribution is 7.81. The average molecular weight is 452 g/mol. The van der Waals surface area contributed by atoms with Crippen LogP contribution in [0.4, 0.5) is 0 Å². The Hall–Kier alpha value is 0.720. The van der Waals surface area contributed by atoms with E-state index >= 15 is 0 Å². The number of rotatable bonds is 4. The molecule has 0 aromatic carbocycles. The van der Waals surface area contributed by atoms with Gasteiger partial charge in [0.05, 0.1) is 63.7 Å². The maximum Gasteiger partial charge on any atom is 0.424 e. The van der Waals surface area contributed by atoms with Crippen LogP contribution in [0.1, 0.15) is 8.85 Å². The van der Waals surface area contributed by atoms with Crippen molar-refractivity contribution in [3.63, 3.8) is 0 Å². The fourth-order valence-corrected chi connectivity index (χ4v) is 3.93. The zero-order valence-corrected chi connectivity index (χ0v) is 15.8. The molecule has 4 N–H and O–H groups in total. The summed E-state index contributed by atoms with van der Waals surface area (Å²) in [6.07, 6.45) is 0. The van der Waals surface area contributed by atoms with Gasteiger partial charge in [-0.2, -0.15) is 0 Å². The fourth-order valence-electron chi connectivity index (χ4n) is 1.48. The van der Waals surface area contributed by atoms with E-state index in [0.717, 1.165) is 0 Å². The maximum absolute atomic E-state index is 11.1. The van der Waals surface area contributed by atoms with Crippen molar-refractivity contribution in [3.05, 3.63) is 0 Å². The van der Waals surface area contributed by atoms with Crippen molar-refractivity contribution in [1.82, 2.24) is 0 Å². The lowest BCUT2D eigenvalue weighted by Gasteiger charge is -2.40. The Bertz CT molecular complexity index is 428. The second-order valence-electron chi connectivity index (χ2n) is 5.59. The second-order valence-corrected chi connectivity index (χ2v) is 10.8. The highest BCUT2D eigenvalue weighted by Crippen LogP contribution is 2.62. The summed E-state index contributed by atoms with van der Waals surface area (Å²) in [5.41, 5.74) is -1.74. The van der Waals surface area contributed by atoms with Crippen LogP contribution in [0.2, 0.25) is 0 Å². The molecule has 2 rings (SSSR count). The number of aliphatic hydroxyl groups is 4. The highest BCUT2D eigenvalue weighted by Gasteiger charge is 2.47. The largest absolute Gasteiger partial charge is 0.424 e. The van der Waals surface area contributed by atoms with Gasteiger partial charge < -0.3 is 20.4 Å². The Kier molecular flexibility index (Phi) is 10.6. The second kappa shape index (κ2) is 10.3. The van der Waals surface area contributed by atoms with E-state index in [2.05, 4.69) is 0 Å². The maximum atomic E-state index is 11.1. The monoisotopic (exact) mass is 451 g/mol. The third-order valence-electron chi connectivity index (χ3n) is 3.44. The lowest BCUT2D eigenvalue weighted by Crippen LogP contribution is -2.44. The van der Waals surface area contributed by atoms with Gasteiger partial charge in [-0.25, -0.2) is 9.13 Å². The van der Waals surface area contributed by atoms with Crippen LogP contribution >= 0.6 is 36.4 Å². The standard InChI is InChI=1S/C5H8Cl2O6P2.C5H12O4.CH4.H2/c6-14(8)10-1-5(2-11-14)3-12-15(7,9)13-4-5;6-1-5(2-7,3-8)4-9;;/h1-4H2;6-9H,1-4H2;1H4;1H/i;;;1+1. The Labute approximate surface area is 157 Å². The molecule has 0 aromatic rings.